The van der Waals surface area contributed by atoms with E-state index in [0.29, 0.717) is 0 Å². The van der Waals surface area contributed by atoms with Gasteiger partial charge in [-0.3, -0.25) is 0 Å². The lowest BCUT2D eigenvalue weighted by atomic mass is 10.0. The van der Waals surface area contributed by atoms with Gasteiger partial charge in [0.25, 0.3) is 0 Å². The van der Waals surface area contributed by atoms with E-state index in [4.69, 9.17) is 0 Å². The zero-order chi connectivity index (χ0) is 10.8. The molecule has 0 atom stereocenters. The molecule has 0 radical (unpaired) electrons. The van der Waals surface area contributed by atoms with Crippen molar-refractivity contribution in [1.82, 2.24) is 0 Å². The molecule has 0 fully saturated rings. The molecule has 15 heavy (non-hydrogen) atoms. The fourth-order valence-corrected chi connectivity index (χ4v) is 2.63. The maximum atomic E-state index is 3.56. The summed E-state index contributed by atoms with van der Waals surface area (Å²) in [5.74, 6) is 0. The fraction of sp³-hybridized carbons (Fsp3) is 0.0769. The predicted octanol–water partition coefficient (Wildman–Crippen LogP) is 5.19. The van der Waals surface area contributed by atoms with E-state index in [-0.39, 0.29) is 0 Å². The van der Waals surface area contributed by atoms with E-state index >= 15 is 0 Å². The molecule has 76 valence electrons. The molecule has 2 rings (SSSR count). The molecule has 0 N–H and O–H groups in total. The Morgan fingerprint density at radius 3 is 1.87 bits per heavy atom. The minimum atomic E-state index is 1.13. The number of hydrogen-bond acceptors (Lipinski definition) is 0. The summed E-state index contributed by atoms with van der Waals surface area (Å²) in [5, 5.41) is 0. The van der Waals surface area contributed by atoms with Gasteiger partial charge in [-0.1, -0.05) is 62.2 Å². The van der Waals surface area contributed by atoms with Gasteiger partial charge in [0.2, 0.25) is 0 Å². The third-order valence-electron chi connectivity index (χ3n) is 2.39. The third kappa shape index (κ3) is 2.32. The smallest absolute Gasteiger partial charge is 0.0221 e. The molecule has 0 spiro atoms. The van der Waals surface area contributed by atoms with Gasteiger partial charge in [-0.25, -0.2) is 0 Å². The SMILES string of the molecule is Cc1c(Br)cc(-c2ccccc2)cc1Br. The van der Waals surface area contributed by atoms with E-state index in [9.17, 15) is 0 Å². The van der Waals surface area contributed by atoms with Gasteiger partial charge in [-0.05, 0) is 35.7 Å². The van der Waals surface area contributed by atoms with Crippen LogP contribution in [0.1, 0.15) is 5.56 Å². The van der Waals surface area contributed by atoms with Crippen LogP contribution in [-0.4, -0.2) is 0 Å². The molecule has 0 aliphatic carbocycles. The van der Waals surface area contributed by atoms with Crippen LogP contribution in [0.4, 0.5) is 0 Å². The predicted molar refractivity (Wildman–Crippen MR) is 72.0 cm³/mol. The highest BCUT2D eigenvalue weighted by Gasteiger charge is 2.04. The Morgan fingerprint density at radius 2 is 1.33 bits per heavy atom. The monoisotopic (exact) mass is 324 g/mol. The van der Waals surface area contributed by atoms with E-state index in [0.717, 1.165) is 8.95 Å². The number of halogens is 2. The topological polar surface area (TPSA) is 0 Å². The Kier molecular flexibility index (Phi) is 3.27. The number of hydrogen-bond donors (Lipinski definition) is 0. The second kappa shape index (κ2) is 4.50. The summed E-state index contributed by atoms with van der Waals surface area (Å²) in [6, 6.07) is 14.7. The maximum absolute atomic E-state index is 3.56. The summed E-state index contributed by atoms with van der Waals surface area (Å²) in [6.07, 6.45) is 0. The van der Waals surface area contributed by atoms with Crippen LogP contribution in [0.15, 0.2) is 51.4 Å². The Labute approximate surface area is 107 Å². The Bertz CT molecular complexity index is 452. The molecule has 0 nitrogen and oxygen atoms in total. The van der Waals surface area contributed by atoms with Crippen LogP contribution in [-0.2, 0) is 0 Å². The number of rotatable bonds is 1. The summed E-state index contributed by atoms with van der Waals surface area (Å²) in [6.45, 7) is 2.09. The Morgan fingerprint density at radius 1 is 0.800 bits per heavy atom. The van der Waals surface area contributed by atoms with Crippen molar-refractivity contribution >= 4 is 31.9 Å². The van der Waals surface area contributed by atoms with E-state index in [1.807, 2.05) is 6.07 Å². The highest BCUT2D eigenvalue weighted by atomic mass is 79.9. The van der Waals surface area contributed by atoms with Gasteiger partial charge in [-0.2, -0.15) is 0 Å². The van der Waals surface area contributed by atoms with Crippen LogP contribution in [0.3, 0.4) is 0 Å². The first-order valence-electron chi connectivity index (χ1n) is 4.69. The summed E-state index contributed by atoms with van der Waals surface area (Å²) < 4.78 is 2.27. The van der Waals surface area contributed by atoms with Crippen LogP contribution < -0.4 is 0 Å². The molecule has 0 heterocycles. The maximum Gasteiger partial charge on any atom is 0.0221 e. The molecule has 0 amide bonds. The van der Waals surface area contributed by atoms with Gasteiger partial charge < -0.3 is 0 Å². The Balaban J connectivity index is 2.56. The zero-order valence-corrected chi connectivity index (χ0v) is 11.5. The fourth-order valence-electron chi connectivity index (χ4n) is 1.44. The number of benzene rings is 2. The van der Waals surface area contributed by atoms with Gasteiger partial charge in [0.1, 0.15) is 0 Å². The van der Waals surface area contributed by atoms with E-state index in [2.05, 4.69) is 75.2 Å². The molecular formula is C13H10Br2. The molecule has 2 aromatic carbocycles. The van der Waals surface area contributed by atoms with Gasteiger partial charge in [0, 0.05) is 8.95 Å². The van der Waals surface area contributed by atoms with Gasteiger partial charge in [-0.15, -0.1) is 0 Å². The summed E-state index contributed by atoms with van der Waals surface area (Å²) in [4.78, 5) is 0. The minimum absolute atomic E-state index is 1.13. The second-order valence-electron chi connectivity index (χ2n) is 3.43. The lowest BCUT2D eigenvalue weighted by molar-refractivity contribution is 1.39. The van der Waals surface area contributed by atoms with Crippen molar-refractivity contribution in [1.29, 1.82) is 0 Å². The lowest BCUT2D eigenvalue weighted by Crippen LogP contribution is -1.82. The molecule has 2 heteroatoms. The molecule has 0 saturated carbocycles. The van der Waals surface area contributed by atoms with E-state index < -0.39 is 0 Å². The summed E-state index contributed by atoms with van der Waals surface area (Å²) in [7, 11) is 0. The summed E-state index contributed by atoms with van der Waals surface area (Å²) >= 11 is 7.13. The first-order valence-corrected chi connectivity index (χ1v) is 6.28. The van der Waals surface area contributed by atoms with Crippen LogP contribution in [0.2, 0.25) is 0 Å². The standard InChI is InChI=1S/C13H10Br2/c1-9-12(14)7-11(8-13(9)15)10-5-3-2-4-6-10/h2-8H,1H3. The van der Waals surface area contributed by atoms with Crippen molar-refractivity contribution in [3.05, 3.63) is 57.0 Å². The quantitative estimate of drug-likeness (QED) is 0.677. The van der Waals surface area contributed by atoms with Crippen molar-refractivity contribution in [2.75, 3.05) is 0 Å². The van der Waals surface area contributed by atoms with Gasteiger partial charge in [0.15, 0.2) is 0 Å². The van der Waals surface area contributed by atoms with Crippen LogP contribution >= 0.6 is 31.9 Å². The lowest BCUT2D eigenvalue weighted by Gasteiger charge is -2.07. The van der Waals surface area contributed by atoms with Gasteiger partial charge >= 0.3 is 0 Å². The van der Waals surface area contributed by atoms with Crippen molar-refractivity contribution in [2.45, 2.75) is 6.92 Å². The van der Waals surface area contributed by atoms with E-state index in [1.54, 1.807) is 0 Å². The average molecular weight is 326 g/mol. The molecule has 0 aliphatic heterocycles. The first-order chi connectivity index (χ1) is 7.18. The van der Waals surface area contributed by atoms with Gasteiger partial charge in [0.05, 0.1) is 0 Å². The first kappa shape index (κ1) is 10.9. The minimum Gasteiger partial charge on any atom is -0.0622 e. The highest BCUT2D eigenvalue weighted by Crippen LogP contribution is 2.31. The van der Waals surface area contributed by atoms with Crippen molar-refractivity contribution in [2.24, 2.45) is 0 Å². The molecule has 0 unspecified atom stereocenters. The normalized spacial score (nSPS) is 10.3. The van der Waals surface area contributed by atoms with Crippen molar-refractivity contribution < 1.29 is 0 Å². The van der Waals surface area contributed by atoms with Crippen molar-refractivity contribution in [3.63, 3.8) is 0 Å². The zero-order valence-electron chi connectivity index (χ0n) is 8.30. The largest absolute Gasteiger partial charge is 0.0622 e. The molecular weight excluding hydrogens is 316 g/mol. The van der Waals surface area contributed by atoms with Crippen LogP contribution in [0.5, 0.6) is 0 Å². The van der Waals surface area contributed by atoms with E-state index in [1.165, 1.54) is 16.7 Å². The highest BCUT2D eigenvalue weighted by molar-refractivity contribution is 9.11. The van der Waals surface area contributed by atoms with Crippen LogP contribution in [0.25, 0.3) is 11.1 Å². The third-order valence-corrected chi connectivity index (χ3v) is 4.04. The second-order valence-corrected chi connectivity index (χ2v) is 5.14. The summed E-state index contributed by atoms with van der Waals surface area (Å²) in [5.41, 5.74) is 3.69. The Hall–Kier alpha value is -0.600. The molecule has 0 bridgehead atoms. The van der Waals surface area contributed by atoms with Crippen LogP contribution in [0, 0.1) is 6.92 Å². The van der Waals surface area contributed by atoms with Crippen molar-refractivity contribution in [3.8, 4) is 11.1 Å². The average Bonchev–Trinajstić information content (AvgIpc) is 2.26. The molecule has 2 aromatic rings. The molecule has 0 saturated heterocycles. The molecule has 0 aliphatic rings. The molecule has 0 aromatic heterocycles.